The van der Waals surface area contributed by atoms with Gasteiger partial charge in [-0.05, 0) is 74.7 Å². The molecule has 3 rings (SSSR count). The number of halogens is 4. The van der Waals surface area contributed by atoms with Crippen LogP contribution in [0.5, 0.6) is 5.75 Å². The first kappa shape index (κ1) is 25.0. The summed E-state index contributed by atoms with van der Waals surface area (Å²) in [5.41, 5.74) is 0.450. The number of nitrogens with one attached hydrogen (secondary N) is 1. The normalized spacial score (nSPS) is 13.3. The quantitative estimate of drug-likeness (QED) is 0.369. The molecular formula is C26H25Cl2F2NO2. The molecule has 2 atom stereocenters. The molecule has 0 radical (unpaired) electrons. The second kappa shape index (κ2) is 10.5. The third kappa shape index (κ3) is 6.92. The van der Waals surface area contributed by atoms with Gasteiger partial charge in [0, 0.05) is 28.1 Å². The van der Waals surface area contributed by atoms with E-state index in [-0.39, 0.29) is 28.5 Å². The Morgan fingerprint density at radius 1 is 0.970 bits per heavy atom. The van der Waals surface area contributed by atoms with E-state index < -0.39 is 17.3 Å². The maximum atomic E-state index is 14.0. The van der Waals surface area contributed by atoms with Gasteiger partial charge < -0.3 is 10.1 Å². The van der Waals surface area contributed by atoms with Crippen molar-refractivity contribution in [3.63, 3.8) is 0 Å². The second-order valence-electron chi connectivity index (χ2n) is 8.47. The highest BCUT2D eigenvalue weighted by Crippen LogP contribution is 2.28. The maximum Gasteiger partial charge on any atom is 0.263 e. The van der Waals surface area contributed by atoms with Crippen molar-refractivity contribution < 1.29 is 18.3 Å². The molecule has 0 aliphatic heterocycles. The molecule has 0 saturated carbocycles. The Hall–Kier alpha value is -2.63. The van der Waals surface area contributed by atoms with Crippen molar-refractivity contribution in [2.45, 2.75) is 44.8 Å². The lowest BCUT2D eigenvalue weighted by Gasteiger charge is -2.31. The zero-order valence-corrected chi connectivity index (χ0v) is 20.1. The van der Waals surface area contributed by atoms with E-state index in [2.05, 4.69) is 5.32 Å². The van der Waals surface area contributed by atoms with E-state index in [0.29, 0.717) is 11.4 Å². The summed E-state index contributed by atoms with van der Waals surface area (Å²) in [6, 6.07) is 17.1. The first-order valence-corrected chi connectivity index (χ1v) is 11.2. The lowest BCUT2D eigenvalue weighted by Crippen LogP contribution is -2.51. The minimum absolute atomic E-state index is 0.149. The zero-order valence-electron chi connectivity index (χ0n) is 18.5. The van der Waals surface area contributed by atoms with Gasteiger partial charge in [0.1, 0.15) is 17.4 Å². The average molecular weight is 492 g/mol. The molecule has 3 nitrogen and oxygen atoms in total. The Morgan fingerprint density at radius 2 is 1.67 bits per heavy atom. The molecule has 1 amide bonds. The summed E-state index contributed by atoms with van der Waals surface area (Å²) in [5.74, 6) is -1.37. The van der Waals surface area contributed by atoms with Gasteiger partial charge in [0.05, 0.1) is 0 Å². The van der Waals surface area contributed by atoms with Gasteiger partial charge in [0.15, 0.2) is 5.60 Å². The van der Waals surface area contributed by atoms with Crippen LogP contribution in [0.4, 0.5) is 8.78 Å². The Labute approximate surface area is 202 Å². The van der Waals surface area contributed by atoms with Crippen LogP contribution >= 0.6 is 23.2 Å². The van der Waals surface area contributed by atoms with Gasteiger partial charge in [-0.1, -0.05) is 47.5 Å². The van der Waals surface area contributed by atoms with Crippen LogP contribution in [0.1, 0.15) is 37.8 Å². The summed E-state index contributed by atoms with van der Waals surface area (Å²) in [6.07, 6.45) is 0.558. The highest BCUT2D eigenvalue weighted by atomic mass is 35.5. The van der Waals surface area contributed by atoms with E-state index >= 15 is 0 Å². The molecule has 0 saturated heterocycles. The van der Waals surface area contributed by atoms with Crippen LogP contribution in [0.25, 0.3) is 0 Å². The topological polar surface area (TPSA) is 38.3 Å². The van der Waals surface area contributed by atoms with Crippen LogP contribution in [0.15, 0.2) is 66.7 Å². The molecule has 0 aliphatic carbocycles. The molecule has 0 heterocycles. The molecule has 0 fully saturated rings. The summed E-state index contributed by atoms with van der Waals surface area (Å²) in [6.45, 7) is 5.03. The van der Waals surface area contributed by atoms with E-state index in [4.69, 9.17) is 27.9 Å². The van der Waals surface area contributed by atoms with E-state index in [1.165, 1.54) is 24.3 Å². The third-order valence-electron chi connectivity index (χ3n) is 5.36. The Kier molecular flexibility index (Phi) is 7.98. The smallest absolute Gasteiger partial charge is 0.263 e. The molecule has 1 N–H and O–H groups in total. The Morgan fingerprint density at radius 3 is 2.30 bits per heavy atom. The van der Waals surface area contributed by atoms with Crippen LogP contribution in [0.2, 0.25) is 10.0 Å². The van der Waals surface area contributed by atoms with Crippen molar-refractivity contribution in [3.05, 3.63) is 99.5 Å². The number of amides is 1. The number of hydrogen-bond donors (Lipinski definition) is 1. The first-order chi connectivity index (χ1) is 15.5. The Bertz CT molecular complexity index is 1100. The van der Waals surface area contributed by atoms with E-state index in [0.717, 1.165) is 17.2 Å². The SMILES string of the molecule is CC(NC(=O)C(C)(C)Oc1cc(F)cc(Cl)c1)C(Cc1ccc(Cl)cc1)c1cccc(F)c1. The molecule has 3 aromatic rings. The van der Waals surface area contributed by atoms with Gasteiger partial charge >= 0.3 is 0 Å². The average Bonchev–Trinajstić information content (AvgIpc) is 2.72. The van der Waals surface area contributed by atoms with Crippen molar-refractivity contribution in [1.29, 1.82) is 0 Å². The monoisotopic (exact) mass is 491 g/mol. The lowest BCUT2D eigenvalue weighted by molar-refractivity contribution is -0.135. The molecule has 0 spiro atoms. The molecular weight excluding hydrogens is 467 g/mol. The maximum absolute atomic E-state index is 14.0. The molecule has 0 bridgehead atoms. The second-order valence-corrected chi connectivity index (χ2v) is 9.34. The van der Waals surface area contributed by atoms with Crippen molar-refractivity contribution in [2.24, 2.45) is 0 Å². The summed E-state index contributed by atoms with van der Waals surface area (Å²) >= 11 is 11.9. The minimum Gasteiger partial charge on any atom is -0.478 e. The molecule has 7 heteroatoms. The standard InChI is InChI=1S/C26H25Cl2F2NO2/c1-16(31-25(32)26(2,3)33-23-14-20(28)13-22(30)15-23)24(18-5-4-6-21(29)12-18)11-17-7-9-19(27)10-8-17/h4-10,12-16,24H,11H2,1-3H3,(H,31,32). The summed E-state index contributed by atoms with van der Waals surface area (Å²) in [7, 11) is 0. The molecule has 3 aromatic carbocycles. The van der Waals surface area contributed by atoms with Crippen LogP contribution in [0, 0.1) is 11.6 Å². The molecule has 2 unspecified atom stereocenters. The van der Waals surface area contributed by atoms with Crippen LogP contribution in [-0.4, -0.2) is 17.6 Å². The molecule has 33 heavy (non-hydrogen) atoms. The number of hydrogen-bond acceptors (Lipinski definition) is 2. The van der Waals surface area contributed by atoms with E-state index in [1.807, 2.05) is 25.1 Å². The zero-order chi connectivity index (χ0) is 24.2. The molecule has 174 valence electrons. The highest BCUT2D eigenvalue weighted by molar-refractivity contribution is 6.30. The number of benzene rings is 3. The number of carbonyl (C=O) groups is 1. The van der Waals surface area contributed by atoms with Gasteiger partial charge in [-0.15, -0.1) is 0 Å². The van der Waals surface area contributed by atoms with E-state index in [9.17, 15) is 13.6 Å². The van der Waals surface area contributed by atoms with Gasteiger partial charge in [0.2, 0.25) is 0 Å². The predicted molar refractivity (Wildman–Crippen MR) is 128 cm³/mol. The third-order valence-corrected chi connectivity index (χ3v) is 5.83. The molecule has 0 aromatic heterocycles. The fourth-order valence-corrected chi connectivity index (χ4v) is 3.94. The van der Waals surface area contributed by atoms with Gasteiger partial charge in [-0.2, -0.15) is 0 Å². The number of rotatable bonds is 8. The van der Waals surface area contributed by atoms with Gasteiger partial charge in [0.25, 0.3) is 5.91 Å². The van der Waals surface area contributed by atoms with Crippen molar-refractivity contribution in [2.75, 3.05) is 0 Å². The predicted octanol–water partition coefficient (Wildman–Crippen LogP) is 6.96. The fourth-order valence-electron chi connectivity index (χ4n) is 3.60. The van der Waals surface area contributed by atoms with E-state index in [1.54, 1.807) is 32.0 Å². The minimum atomic E-state index is -1.31. The first-order valence-electron chi connectivity index (χ1n) is 10.5. The van der Waals surface area contributed by atoms with Crippen molar-refractivity contribution >= 4 is 29.1 Å². The summed E-state index contributed by atoms with van der Waals surface area (Å²) < 4.78 is 33.4. The van der Waals surface area contributed by atoms with Crippen molar-refractivity contribution in [3.8, 4) is 5.75 Å². The Balaban J connectivity index is 1.80. The van der Waals surface area contributed by atoms with Gasteiger partial charge in [-0.25, -0.2) is 8.78 Å². The molecule has 0 aliphatic rings. The fraction of sp³-hybridized carbons (Fsp3) is 0.269. The van der Waals surface area contributed by atoms with Gasteiger partial charge in [-0.3, -0.25) is 4.79 Å². The lowest BCUT2D eigenvalue weighted by atomic mass is 9.86. The van der Waals surface area contributed by atoms with Crippen LogP contribution < -0.4 is 10.1 Å². The number of ether oxygens (including phenoxy) is 1. The summed E-state index contributed by atoms with van der Waals surface area (Å²) in [5, 5.41) is 3.77. The largest absolute Gasteiger partial charge is 0.478 e. The summed E-state index contributed by atoms with van der Waals surface area (Å²) in [4.78, 5) is 13.1. The van der Waals surface area contributed by atoms with Crippen molar-refractivity contribution in [1.82, 2.24) is 5.32 Å². The highest BCUT2D eigenvalue weighted by Gasteiger charge is 2.33. The van der Waals surface area contributed by atoms with Crippen LogP contribution in [-0.2, 0) is 11.2 Å². The van der Waals surface area contributed by atoms with Crippen LogP contribution in [0.3, 0.4) is 0 Å². The number of carbonyl (C=O) groups excluding carboxylic acids is 1.